The number of fused-ring (bicyclic) bond motifs is 6. The highest BCUT2D eigenvalue weighted by Gasteiger charge is 2.30. The lowest BCUT2D eigenvalue weighted by Gasteiger charge is -2.26. The summed E-state index contributed by atoms with van der Waals surface area (Å²) in [5.41, 5.74) is 7.52. The number of halogens is 3. The van der Waals surface area contributed by atoms with Gasteiger partial charge in [-0.2, -0.15) is 13.2 Å². The van der Waals surface area contributed by atoms with E-state index in [2.05, 4.69) is 77.2 Å². The van der Waals surface area contributed by atoms with Crippen molar-refractivity contribution in [3.63, 3.8) is 0 Å². The Balaban J connectivity index is 1.27. The van der Waals surface area contributed by atoms with Crippen LogP contribution in [0.15, 0.2) is 140 Å². The molecule has 2 heterocycles. The van der Waals surface area contributed by atoms with E-state index in [1.807, 2.05) is 47.4 Å². The lowest BCUT2D eigenvalue weighted by molar-refractivity contribution is -0.137. The fraction of sp³-hybridized carbons (Fsp3) is 0.0270. The average molecular weight is 553 g/mol. The molecule has 5 heteroatoms. The van der Waals surface area contributed by atoms with E-state index >= 15 is 0 Å². The van der Waals surface area contributed by atoms with E-state index in [-0.39, 0.29) is 0 Å². The van der Waals surface area contributed by atoms with Crippen molar-refractivity contribution in [3.8, 4) is 11.1 Å². The van der Waals surface area contributed by atoms with Gasteiger partial charge in [0.1, 0.15) is 0 Å². The number of aromatic nitrogens is 1. The standard InChI is InChI=1S/C37H23F3N2/c38-37(39,40)26-16-20-29(21-17-26)41(27-8-2-1-3-9-27)28-18-14-24(15-19-28)25-22-32-30-10-4-6-12-34(30)42-35-13-7-5-11-31(35)33(23-25)36(32)42/h1-23H. The largest absolute Gasteiger partial charge is 0.416 e. The first kappa shape index (κ1) is 24.5. The van der Waals surface area contributed by atoms with Crippen LogP contribution in [0.5, 0.6) is 0 Å². The molecule has 0 saturated heterocycles. The molecule has 0 aliphatic carbocycles. The maximum atomic E-state index is 13.3. The third kappa shape index (κ3) is 3.74. The number of benzene rings is 6. The fourth-order valence-electron chi connectivity index (χ4n) is 6.24. The summed E-state index contributed by atoms with van der Waals surface area (Å²) in [6.07, 6.45) is -4.38. The highest BCUT2D eigenvalue weighted by molar-refractivity contribution is 6.24. The summed E-state index contributed by atoms with van der Waals surface area (Å²) in [5.74, 6) is 0. The Morgan fingerprint density at radius 1 is 0.452 bits per heavy atom. The van der Waals surface area contributed by atoms with E-state index in [0.717, 1.165) is 34.6 Å². The van der Waals surface area contributed by atoms with Crippen LogP contribution in [0.3, 0.4) is 0 Å². The second-order valence-electron chi connectivity index (χ2n) is 10.6. The molecule has 0 spiro atoms. The van der Waals surface area contributed by atoms with E-state index in [0.29, 0.717) is 5.69 Å². The summed E-state index contributed by atoms with van der Waals surface area (Å²) >= 11 is 0. The molecule has 0 aliphatic rings. The lowest BCUT2D eigenvalue weighted by Crippen LogP contribution is -2.11. The van der Waals surface area contributed by atoms with Gasteiger partial charge in [-0.15, -0.1) is 0 Å². The van der Waals surface area contributed by atoms with Gasteiger partial charge in [0.15, 0.2) is 0 Å². The molecule has 8 rings (SSSR count). The van der Waals surface area contributed by atoms with E-state index < -0.39 is 11.7 Å². The molecular weight excluding hydrogens is 529 g/mol. The molecule has 0 aliphatic heterocycles. The summed E-state index contributed by atoms with van der Waals surface area (Å²) in [4.78, 5) is 1.97. The van der Waals surface area contributed by atoms with Gasteiger partial charge in [-0.05, 0) is 83.9 Å². The second-order valence-corrected chi connectivity index (χ2v) is 10.6. The minimum atomic E-state index is -4.38. The number of hydrogen-bond donors (Lipinski definition) is 0. The van der Waals surface area contributed by atoms with Gasteiger partial charge >= 0.3 is 6.18 Å². The monoisotopic (exact) mass is 552 g/mol. The van der Waals surface area contributed by atoms with Crippen LogP contribution in [0.4, 0.5) is 30.2 Å². The van der Waals surface area contributed by atoms with Gasteiger partial charge < -0.3 is 9.30 Å². The first-order chi connectivity index (χ1) is 20.5. The van der Waals surface area contributed by atoms with Crippen LogP contribution in [0.1, 0.15) is 5.56 Å². The smallest absolute Gasteiger partial charge is 0.311 e. The number of nitrogens with zero attached hydrogens (tertiary/aromatic N) is 2. The molecule has 0 amide bonds. The molecule has 0 atom stereocenters. The van der Waals surface area contributed by atoms with E-state index in [9.17, 15) is 13.2 Å². The maximum Gasteiger partial charge on any atom is 0.416 e. The van der Waals surface area contributed by atoms with E-state index in [1.54, 1.807) is 0 Å². The molecule has 6 aromatic carbocycles. The quantitative estimate of drug-likeness (QED) is 0.211. The topological polar surface area (TPSA) is 7.65 Å². The number of para-hydroxylation sites is 3. The van der Waals surface area contributed by atoms with Gasteiger partial charge in [-0.25, -0.2) is 0 Å². The highest BCUT2D eigenvalue weighted by atomic mass is 19.4. The van der Waals surface area contributed by atoms with Gasteiger partial charge in [0, 0.05) is 38.6 Å². The molecular formula is C37H23F3N2. The molecule has 0 N–H and O–H groups in total. The third-order valence-corrected chi connectivity index (χ3v) is 8.13. The Kier molecular flexibility index (Phi) is 5.32. The zero-order chi connectivity index (χ0) is 28.4. The molecule has 2 nitrogen and oxygen atoms in total. The molecule has 0 radical (unpaired) electrons. The molecule has 8 aromatic rings. The summed E-state index contributed by atoms with van der Waals surface area (Å²) in [6.45, 7) is 0. The minimum Gasteiger partial charge on any atom is -0.311 e. The van der Waals surface area contributed by atoms with Crippen molar-refractivity contribution in [2.75, 3.05) is 4.90 Å². The van der Waals surface area contributed by atoms with E-state index in [4.69, 9.17) is 0 Å². The molecule has 0 bridgehead atoms. The molecule has 0 unspecified atom stereocenters. The first-order valence-electron chi connectivity index (χ1n) is 13.8. The summed E-state index contributed by atoms with van der Waals surface area (Å²) in [6, 6.07) is 44.8. The summed E-state index contributed by atoms with van der Waals surface area (Å²) in [7, 11) is 0. The lowest BCUT2D eigenvalue weighted by atomic mass is 9.99. The third-order valence-electron chi connectivity index (χ3n) is 8.13. The Hall–Kier alpha value is -5.29. The van der Waals surface area contributed by atoms with Crippen LogP contribution in [0.25, 0.3) is 49.2 Å². The van der Waals surface area contributed by atoms with Crippen molar-refractivity contribution >= 4 is 55.2 Å². The second kappa shape index (κ2) is 9.11. The Morgan fingerprint density at radius 2 is 0.929 bits per heavy atom. The van der Waals surface area contributed by atoms with Crippen LogP contribution < -0.4 is 4.90 Å². The number of alkyl halides is 3. The maximum absolute atomic E-state index is 13.3. The predicted octanol–water partition coefficient (Wildman–Crippen LogP) is 11.0. The average Bonchev–Trinajstić information content (AvgIpc) is 3.54. The zero-order valence-electron chi connectivity index (χ0n) is 22.3. The zero-order valence-corrected chi connectivity index (χ0v) is 22.3. The van der Waals surface area contributed by atoms with Crippen molar-refractivity contribution in [3.05, 3.63) is 145 Å². The summed E-state index contributed by atoms with van der Waals surface area (Å²) < 4.78 is 42.1. The predicted molar refractivity (Wildman–Crippen MR) is 166 cm³/mol. The van der Waals surface area contributed by atoms with Crippen LogP contribution >= 0.6 is 0 Å². The highest BCUT2D eigenvalue weighted by Crippen LogP contribution is 2.42. The van der Waals surface area contributed by atoms with E-state index in [1.165, 1.54) is 50.2 Å². The van der Waals surface area contributed by atoms with Gasteiger partial charge in [-0.1, -0.05) is 66.7 Å². The van der Waals surface area contributed by atoms with Gasteiger partial charge in [0.05, 0.1) is 22.1 Å². The molecule has 2 aromatic heterocycles. The fourth-order valence-corrected chi connectivity index (χ4v) is 6.24. The first-order valence-corrected chi connectivity index (χ1v) is 13.8. The molecule has 0 saturated carbocycles. The number of hydrogen-bond acceptors (Lipinski definition) is 1. The van der Waals surface area contributed by atoms with Crippen molar-refractivity contribution < 1.29 is 13.2 Å². The Labute approximate surface area is 239 Å². The molecule has 0 fully saturated rings. The minimum absolute atomic E-state index is 0.654. The summed E-state index contributed by atoms with van der Waals surface area (Å²) in [5, 5.41) is 4.88. The van der Waals surface area contributed by atoms with Gasteiger partial charge in [0.2, 0.25) is 0 Å². The van der Waals surface area contributed by atoms with Crippen molar-refractivity contribution in [1.82, 2.24) is 4.40 Å². The normalized spacial score (nSPS) is 12.2. The Bertz CT molecular complexity index is 2130. The van der Waals surface area contributed by atoms with Crippen molar-refractivity contribution in [2.45, 2.75) is 6.18 Å². The molecule has 202 valence electrons. The van der Waals surface area contributed by atoms with Crippen LogP contribution in [-0.4, -0.2) is 4.40 Å². The molecule has 42 heavy (non-hydrogen) atoms. The van der Waals surface area contributed by atoms with Crippen LogP contribution in [0.2, 0.25) is 0 Å². The van der Waals surface area contributed by atoms with Crippen molar-refractivity contribution in [2.24, 2.45) is 0 Å². The Morgan fingerprint density at radius 3 is 1.48 bits per heavy atom. The van der Waals surface area contributed by atoms with Crippen LogP contribution in [-0.2, 0) is 6.18 Å². The van der Waals surface area contributed by atoms with Crippen LogP contribution in [0, 0.1) is 0 Å². The van der Waals surface area contributed by atoms with Crippen molar-refractivity contribution in [1.29, 1.82) is 0 Å². The van der Waals surface area contributed by atoms with Gasteiger partial charge in [0.25, 0.3) is 0 Å². The number of rotatable bonds is 4. The number of anilines is 3. The SMILES string of the molecule is FC(F)(F)c1ccc(N(c2ccccc2)c2ccc(-c3cc4c5ccccc5n5c6ccccc6c(c3)c45)cc2)cc1. The van der Waals surface area contributed by atoms with Gasteiger partial charge in [-0.3, -0.25) is 0 Å².